The quantitative estimate of drug-likeness (QED) is 0.851. The van der Waals surface area contributed by atoms with Crippen LogP contribution in [0.1, 0.15) is 25.8 Å². The molecule has 0 amide bonds. The Hall–Kier alpha value is -1.56. The van der Waals surface area contributed by atoms with Gasteiger partial charge in [-0.3, -0.25) is 0 Å². The lowest BCUT2D eigenvalue weighted by atomic mass is 9.93. The molecule has 0 radical (unpaired) electrons. The summed E-state index contributed by atoms with van der Waals surface area (Å²) in [6, 6.07) is 7.67. The predicted molar refractivity (Wildman–Crippen MR) is 82.4 cm³/mol. The van der Waals surface area contributed by atoms with Crippen LogP contribution < -0.4 is 4.74 Å². The van der Waals surface area contributed by atoms with E-state index in [1.165, 1.54) is 0 Å². The van der Waals surface area contributed by atoms with Crippen LogP contribution in [0.3, 0.4) is 0 Å². The van der Waals surface area contributed by atoms with Crippen LogP contribution in [0.2, 0.25) is 0 Å². The van der Waals surface area contributed by atoms with Gasteiger partial charge in [-0.15, -0.1) is 4.40 Å². The van der Waals surface area contributed by atoms with E-state index in [1.807, 2.05) is 38.1 Å². The zero-order valence-corrected chi connectivity index (χ0v) is 13.4. The van der Waals surface area contributed by atoms with Gasteiger partial charge in [-0.25, -0.2) is 8.42 Å². The van der Waals surface area contributed by atoms with E-state index in [0.717, 1.165) is 24.4 Å². The third-order valence-electron chi connectivity index (χ3n) is 4.54. The van der Waals surface area contributed by atoms with E-state index in [1.54, 1.807) is 7.11 Å². The number of amidine groups is 1. The molecule has 0 aromatic heterocycles. The summed E-state index contributed by atoms with van der Waals surface area (Å²) in [6.07, 6.45) is 0.636. The zero-order chi connectivity index (χ0) is 15.3. The van der Waals surface area contributed by atoms with Crippen molar-refractivity contribution in [3.63, 3.8) is 0 Å². The van der Waals surface area contributed by atoms with Gasteiger partial charge in [-0.05, 0) is 38.0 Å². The van der Waals surface area contributed by atoms with Gasteiger partial charge >= 0.3 is 0 Å². The smallest absolute Gasteiger partial charge is 0.259 e. The van der Waals surface area contributed by atoms with Crippen LogP contribution in [0.25, 0.3) is 0 Å². The number of sulfonamides is 1. The van der Waals surface area contributed by atoms with Crippen LogP contribution in [-0.2, 0) is 15.4 Å². The molecule has 0 saturated heterocycles. The van der Waals surface area contributed by atoms with Gasteiger partial charge in [0.1, 0.15) is 16.8 Å². The van der Waals surface area contributed by atoms with Crippen LogP contribution in [0.4, 0.5) is 0 Å². The lowest BCUT2D eigenvalue weighted by molar-refractivity contribution is 0.414. The van der Waals surface area contributed by atoms with E-state index in [2.05, 4.69) is 9.30 Å². The first-order valence-electron chi connectivity index (χ1n) is 7.23. The Morgan fingerprint density at radius 3 is 2.38 bits per heavy atom. The molecule has 0 spiro atoms. The number of methoxy groups -OCH3 is 1. The highest BCUT2D eigenvalue weighted by Gasteiger charge is 2.70. The van der Waals surface area contributed by atoms with Gasteiger partial charge in [-0.2, -0.15) is 0 Å². The second kappa shape index (κ2) is 4.73. The Kier molecular flexibility index (Phi) is 3.24. The SMILES string of the molecule is CCN(CC)C1=NS(=O)(=O)C2CC12c1ccc(OC)cc1. The molecule has 1 aliphatic carbocycles. The Balaban J connectivity index is 2.06. The fourth-order valence-corrected chi connectivity index (χ4v) is 5.15. The molecule has 1 aliphatic heterocycles. The maximum absolute atomic E-state index is 12.2. The third kappa shape index (κ3) is 1.96. The summed E-state index contributed by atoms with van der Waals surface area (Å²) < 4.78 is 33.7. The average Bonchev–Trinajstić information content (AvgIpc) is 3.20. The summed E-state index contributed by atoms with van der Waals surface area (Å²) in [5.74, 6) is 1.48. The first-order valence-corrected chi connectivity index (χ1v) is 8.73. The van der Waals surface area contributed by atoms with Crippen molar-refractivity contribution < 1.29 is 13.2 Å². The number of ether oxygens (including phenoxy) is 1. The maximum atomic E-state index is 12.2. The van der Waals surface area contributed by atoms with E-state index in [-0.39, 0.29) is 0 Å². The van der Waals surface area contributed by atoms with Crippen molar-refractivity contribution in [2.24, 2.45) is 4.40 Å². The number of likely N-dealkylation sites (N-methyl/N-ethyl adjacent to an activating group) is 1. The van der Waals surface area contributed by atoms with E-state index >= 15 is 0 Å². The third-order valence-corrected chi connectivity index (χ3v) is 6.25. The van der Waals surface area contributed by atoms with Gasteiger partial charge in [0.15, 0.2) is 0 Å². The molecule has 1 aromatic rings. The van der Waals surface area contributed by atoms with Crippen molar-refractivity contribution in [2.45, 2.75) is 30.9 Å². The molecule has 3 rings (SSSR count). The van der Waals surface area contributed by atoms with Crippen LogP contribution >= 0.6 is 0 Å². The van der Waals surface area contributed by atoms with Crippen molar-refractivity contribution >= 4 is 15.9 Å². The van der Waals surface area contributed by atoms with E-state index in [4.69, 9.17) is 4.74 Å². The molecule has 1 fully saturated rings. The number of nitrogens with zero attached hydrogens (tertiary/aromatic N) is 2. The molecular weight excluding hydrogens is 288 g/mol. The second-order valence-corrected chi connectivity index (χ2v) is 7.28. The molecule has 1 aromatic carbocycles. The molecule has 1 saturated carbocycles. The molecule has 5 nitrogen and oxygen atoms in total. The fourth-order valence-electron chi connectivity index (χ4n) is 3.28. The summed E-state index contributed by atoms with van der Waals surface area (Å²) in [6.45, 7) is 5.57. The summed E-state index contributed by atoms with van der Waals surface area (Å²) in [5, 5.41) is -0.394. The van der Waals surface area contributed by atoms with E-state index < -0.39 is 20.7 Å². The van der Waals surface area contributed by atoms with Crippen molar-refractivity contribution in [3.05, 3.63) is 29.8 Å². The van der Waals surface area contributed by atoms with Gasteiger partial charge in [0.25, 0.3) is 10.0 Å². The molecule has 6 heteroatoms. The van der Waals surface area contributed by atoms with Gasteiger partial charge in [0.05, 0.1) is 12.5 Å². The second-order valence-electron chi connectivity index (χ2n) is 5.49. The first-order chi connectivity index (χ1) is 9.99. The Bertz CT molecular complexity index is 677. The molecule has 21 heavy (non-hydrogen) atoms. The Morgan fingerprint density at radius 1 is 1.29 bits per heavy atom. The highest BCUT2D eigenvalue weighted by atomic mass is 32.2. The summed E-state index contributed by atoms with van der Waals surface area (Å²) in [5.41, 5.74) is 0.567. The molecule has 114 valence electrons. The minimum absolute atomic E-state index is 0.394. The molecule has 0 N–H and O–H groups in total. The monoisotopic (exact) mass is 308 g/mol. The lowest BCUT2D eigenvalue weighted by Crippen LogP contribution is -2.38. The number of hydrogen-bond acceptors (Lipinski definition) is 4. The van der Waals surface area contributed by atoms with Gasteiger partial charge in [0.2, 0.25) is 0 Å². The van der Waals surface area contributed by atoms with Crippen molar-refractivity contribution in [1.29, 1.82) is 0 Å². The van der Waals surface area contributed by atoms with E-state index in [0.29, 0.717) is 12.3 Å². The van der Waals surface area contributed by atoms with E-state index in [9.17, 15) is 8.42 Å². The number of fused-ring (bicyclic) bond motifs is 1. The van der Waals surface area contributed by atoms with Crippen LogP contribution in [0.15, 0.2) is 28.7 Å². The minimum Gasteiger partial charge on any atom is -0.497 e. The topological polar surface area (TPSA) is 59.0 Å². The molecule has 2 unspecified atom stereocenters. The first kappa shape index (κ1) is 14.4. The molecule has 2 atom stereocenters. The number of hydrogen-bond donors (Lipinski definition) is 0. The molecule has 2 aliphatic rings. The lowest BCUT2D eigenvalue weighted by Gasteiger charge is -2.27. The number of rotatable bonds is 4. The maximum Gasteiger partial charge on any atom is 0.259 e. The molecule has 1 heterocycles. The van der Waals surface area contributed by atoms with Gasteiger partial charge in [0, 0.05) is 13.1 Å². The fraction of sp³-hybridized carbons (Fsp3) is 0.533. The standard InChI is InChI=1S/C15H20N2O3S/c1-4-17(5-2)14-15(10-13(15)21(18,19)16-14)11-6-8-12(20-3)9-7-11/h6-9,13H,4-5,10H2,1-3H3. The summed E-state index contributed by atoms with van der Waals surface area (Å²) in [7, 11) is -1.75. The number of benzene rings is 1. The van der Waals surface area contributed by atoms with Crippen LogP contribution in [-0.4, -0.2) is 44.6 Å². The Labute approximate surface area is 125 Å². The van der Waals surface area contributed by atoms with Crippen LogP contribution in [0.5, 0.6) is 5.75 Å². The summed E-state index contributed by atoms with van der Waals surface area (Å²) >= 11 is 0. The Morgan fingerprint density at radius 2 is 1.90 bits per heavy atom. The van der Waals surface area contributed by atoms with Crippen LogP contribution in [0, 0.1) is 0 Å². The average molecular weight is 308 g/mol. The molecular formula is C15H20N2O3S. The van der Waals surface area contributed by atoms with Crippen molar-refractivity contribution in [2.75, 3.05) is 20.2 Å². The molecule has 0 bridgehead atoms. The van der Waals surface area contributed by atoms with Gasteiger partial charge in [-0.1, -0.05) is 12.1 Å². The highest BCUT2D eigenvalue weighted by Crippen LogP contribution is 2.58. The normalized spacial score (nSPS) is 28.7. The summed E-state index contributed by atoms with van der Waals surface area (Å²) in [4.78, 5) is 2.05. The largest absolute Gasteiger partial charge is 0.497 e. The van der Waals surface area contributed by atoms with Crippen molar-refractivity contribution in [3.8, 4) is 5.75 Å². The highest BCUT2D eigenvalue weighted by molar-refractivity contribution is 7.91. The predicted octanol–water partition coefficient (Wildman–Crippen LogP) is 1.79. The van der Waals surface area contributed by atoms with Gasteiger partial charge < -0.3 is 9.64 Å². The minimum atomic E-state index is -3.37. The zero-order valence-electron chi connectivity index (χ0n) is 12.5. The van der Waals surface area contributed by atoms with Crippen molar-refractivity contribution in [1.82, 2.24) is 4.90 Å².